The largest absolute Gasteiger partial charge is 0.469 e. The highest BCUT2D eigenvalue weighted by atomic mass is 36.0. The molecule has 0 saturated heterocycles. The van der Waals surface area contributed by atoms with Gasteiger partial charge in [-0.1, -0.05) is 0 Å². The van der Waals surface area contributed by atoms with E-state index in [4.69, 9.17) is 13.2 Å². The van der Waals surface area contributed by atoms with Gasteiger partial charge in [-0.2, -0.15) is 8.42 Å². The molecule has 2 rings (SSSR count). The Kier molecular flexibility index (Phi) is 3.90. The Morgan fingerprint density at radius 1 is 1.33 bits per heavy atom. The van der Waals surface area contributed by atoms with Gasteiger partial charge in [0.15, 0.2) is 18.3 Å². The van der Waals surface area contributed by atoms with Crippen LogP contribution in [0.1, 0.15) is 0 Å². The highest BCUT2D eigenvalue weighted by Crippen LogP contribution is 2.13. The van der Waals surface area contributed by atoms with Gasteiger partial charge in [0.1, 0.15) is 5.71 Å². The Balaban J connectivity index is 0.000000195. The second-order valence-electron chi connectivity index (χ2n) is 2.44. The molecule has 0 radical (unpaired) electrons. The molecule has 0 fully saturated rings. The summed E-state index contributed by atoms with van der Waals surface area (Å²) in [6.07, 6.45) is 4.60. The molecule has 2 aliphatic rings. The quantitative estimate of drug-likeness (QED) is 0.489. The summed E-state index contributed by atoms with van der Waals surface area (Å²) in [5.41, 5.74) is 0.777. The number of hydrogen-bond acceptors (Lipinski definition) is 5. The molecule has 0 saturated carbocycles. The highest BCUT2D eigenvalue weighted by molar-refractivity contribution is 8.31. The first-order valence-corrected chi connectivity index (χ1v) is 6.75. The molecule has 0 aromatic carbocycles. The van der Waals surface area contributed by atoms with Gasteiger partial charge in [-0.15, -0.1) is 0 Å². The minimum absolute atomic E-state index is 0.0316. The Morgan fingerprint density at radius 2 is 1.93 bits per heavy atom. The zero-order valence-corrected chi connectivity index (χ0v) is 9.51. The maximum Gasteiger partial charge on any atom is 0.317 e. The number of carbonyl (C=O) groups is 1. The summed E-state index contributed by atoms with van der Waals surface area (Å²) >= 11 is 0. The monoisotopic (exact) mass is 269 g/mol. The highest BCUT2D eigenvalue weighted by Gasteiger charge is 2.16. The molecule has 1 heterocycles. The first kappa shape index (κ1) is 12.2. The fourth-order valence-electron chi connectivity index (χ4n) is 0.912. The Labute approximate surface area is 95.0 Å². The SMILES string of the molecule is O=C1C=CC2=NCOC2=C1.O=S(=O)(Cl)Cl. The molecule has 0 spiro atoms. The van der Waals surface area contributed by atoms with Crippen molar-refractivity contribution >= 4 is 41.1 Å². The van der Waals surface area contributed by atoms with E-state index in [1.54, 1.807) is 6.08 Å². The third kappa shape index (κ3) is 4.96. The average Bonchev–Trinajstić information content (AvgIpc) is 2.47. The van der Waals surface area contributed by atoms with E-state index >= 15 is 0 Å². The van der Waals surface area contributed by atoms with E-state index in [9.17, 15) is 4.79 Å². The van der Waals surface area contributed by atoms with Crippen molar-refractivity contribution in [1.29, 1.82) is 0 Å². The molecule has 1 aliphatic carbocycles. The van der Waals surface area contributed by atoms with Gasteiger partial charge in [0.2, 0.25) is 0 Å². The summed E-state index contributed by atoms with van der Waals surface area (Å²) in [5.74, 6) is 0.573. The van der Waals surface area contributed by atoms with Crippen LogP contribution in [0, 0.1) is 0 Å². The van der Waals surface area contributed by atoms with Crippen molar-refractivity contribution in [3.05, 3.63) is 24.0 Å². The lowest BCUT2D eigenvalue weighted by Crippen LogP contribution is -2.04. The summed E-state index contributed by atoms with van der Waals surface area (Å²) in [6.45, 7) is 0.346. The van der Waals surface area contributed by atoms with Crippen molar-refractivity contribution in [2.75, 3.05) is 6.73 Å². The van der Waals surface area contributed by atoms with Crippen molar-refractivity contribution in [3.63, 3.8) is 0 Å². The number of halogens is 2. The van der Waals surface area contributed by atoms with Gasteiger partial charge in [0.05, 0.1) is 0 Å². The number of rotatable bonds is 0. The van der Waals surface area contributed by atoms with Crippen LogP contribution in [0.4, 0.5) is 0 Å². The van der Waals surface area contributed by atoms with Crippen molar-refractivity contribution in [3.8, 4) is 0 Å². The number of hydrogen-bond donors (Lipinski definition) is 0. The zero-order chi connectivity index (χ0) is 11.5. The van der Waals surface area contributed by atoms with E-state index in [1.165, 1.54) is 12.2 Å². The molecule has 0 unspecified atom stereocenters. The first-order valence-electron chi connectivity index (χ1n) is 3.62. The summed E-state index contributed by atoms with van der Waals surface area (Å²) in [6, 6.07) is 0. The Bertz CT molecular complexity index is 455. The summed E-state index contributed by atoms with van der Waals surface area (Å²) in [7, 11) is 4.81. The van der Waals surface area contributed by atoms with Gasteiger partial charge >= 0.3 is 8.26 Å². The summed E-state index contributed by atoms with van der Waals surface area (Å²) in [4.78, 5) is 14.7. The van der Waals surface area contributed by atoms with Gasteiger partial charge < -0.3 is 4.74 Å². The molecule has 0 aromatic heterocycles. The molecule has 0 amide bonds. The number of ether oxygens (including phenoxy) is 1. The predicted octanol–water partition coefficient (Wildman–Crippen LogP) is 1.15. The Hall–Kier alpha value is -0.850. The van der Waals surface area contributed by atoms with Crippen molar-refractivity contribution in [2.45, 2.75) is 0 Å². The lowest BCUT2D eigenvalue weighted by molar-refractivity contribution is -0.110. The molecular formula is C7H5Cl2NO4S. The molecule has 0 aromatic rings. The number of ketones is 1. The predicted molar refractivity (Wildman–Crippen MR) is 56.2 cm³/mol. The lowest BCUT2D eigenvalue weighted by Gasteiger charge is -2.00. The number of nitrogens with zero attached hydrogens (tertiary/aromatic N) is 1. The number of fused-ring (bicyclic) bond motifs is 1. The zero-order valence-electron chi connectivity index (χ0n) is 7.18. The van der Waals surface area contributed by atoms with Crippen LogP contribution >= 0.6 is 21.4 Å². The fourth-order valence-corrected chi connectivity index (χ4v) is 0.912. The van der Waals surface area contributed by atoms with Crippen LogP contribution in [0.15, 0.2) is 29.0 Å². The second-order valence-corrected chi connectivity index (χ2v) is 6.11. The van der Waals surface area contributed by atoms with E-state index in [-0.39, 0.29) is 5.78 Å². The maximum absolute atomic E-state index is 10.7. The van der Waals surface area contributed by atoms with Crippen LogP contribution in [-0.4, -0.2) is 26.6 Å². The molecule has 82 valence electrons. The Morgan fingerprint density at radius 3 is 2.53 bits per heavy atom. The molecule has 15 heavy (non-hydrogen) atoms. The van der Waals surface area contributed by atoms with E-state index in [0.29, 0.717) is 12.5 Å². The minimum atomic E-state index is -3.72. The van der Waals surface area contributed by atoms with Gasteiger partial charge in [-0.05, 0) is 12.2 Å². The molecule has 0 bridgehead atoms. The molecule has 8 heteroatoms. The second kappa shape index (κ2) is 4.78. The van der Waals surface area contributed by atoms with Gasteiger partial charge in [0.25, 0.3) is 0 Å². The minimum Gasteiger partial charge on any atom is -0.469 e. The fraction of sp³-hybridized carbons (Fsp3) is 0.143. The van der Waals surface area contributed by atoms with Crippen LogP contribution < -0.4 is 0 Å². The van der Waals surface area contributed by atoms with Gasteiger partial charge in [-0.3, -0.25) is 4.79 Å². The molecular weight excluding hydrogens is 265 g/mol. The third-order valence-electron chi connectivity index (χ3n) is 1.39. The average molecular weight is 270 g/mol. The van der Waals surface area contributed by atoms with Crippen LogP contribution in [0.3, 0.4) is 0 Å². The first-order chi connectivity index (χ1) is 6.86. The van der Waals surface area contributed by atoms with E-state index in [1.807, 2.05) is 0 Å². The van der Waals surface area contributed by atoms with E-state index in [0.717, 1.165) is 5.71 Å². The van der Waals surface area contributed by atoms with Crippen LogP contribution in [0.25, 0.3) is 0 Å². The summed E-state index contributed by atoms with van der Waals surface area (Å²) in [5, 5.41) is 0. The van der Waals surface area contributed by atoms with Crippen molar-refractivity contribution in [1.82, 2.24) is 0 Å². The number of carbonyl (C=O) groups excluding carboxylic acids is 1. The van der Waals surface area contributed by atoms with Crippen molar-refractivity contribution < 1.29 is 17.9 Å². The lowest BCUT2D eigenvalue weighted by atomic mass is 10.1. The van der Waals surface area contributed by atoms with E-state index in [2.05, 4.69) is 26.4 Å². The van der Waals surface area contributed by atoms with Gasteiger partial charge in [-0.25, -0.2) is 4.99 Å². The molecule has 0 atom stereocenters. The smallest absolute Gasteiger partial charge is 0.317 e. The summed E-state index contributed by atoms with van der Waals surface area (Å²) < 4.78 is 23.3. The van der Waals surface area contributed by atoms with Gasteiger partial charge in [0, 0.05) is 27.4 Å². The van der Waals surface area contributed by atoms with Crippen LogP contribution in [0.2, 0.25) is 0 Å². The van der Waals surface area contributed by atoms with E-state index < -0.39 is 8.26 Å². The normalized spacial score (nSPS) is 18.1. The number of allylic oxidation sites excluding steroid dienone is 3. The topological polar surface area (TPSA) is 72.8 Å². The standard InChI is InChI=1S/C7H5NO2.Cl2O2S/c9-5-1-2-6-7(3-5)10-4-8-6;1-5(2,3)4/h1-3H,4H2;. The van der Waals surface area contributed by atoms with Crippen LogP contribution in [0.5, 0.6) is 0 Å². The van der Waals surface area contributed by atoms with Crippen LogP contribution in [-0.2, 0) is 17.8 Å². The number of aliphatic imine (C=N–C) groups is 1. The molecule has 0 N–H and O–H groups in total. The maximum atomic E-state index is 10.7. The third-order valence-corrected chi connectivity index (χ3v) is 1.39. The molecule has 1 aliphatic heterocycles. The van der Waals surface area contributed by atoms with Crippen molar-refractivity contribution in [2.24, 2.45) is 4.99 Å². The molecule has 5 nitrogen and oxygen atoms in total.